The lowest BCUT2D eigenvalue weighted by molar-refractivity contribution is -0.383. The number of β-amino-alcohol motifs (C(OH)–C–C–N with tert-alkyl or cyclic N) is 1. The first kappa shape index (κ1) is 21.5. The minimum Gasteiger partial charge on any atom is -0.392 e. The van der Waals surface area contributed by atoms with E-state index in [1.807, 2.05) is 18.2 Å². The highest BCUT2D eigenvalue weighted by Crippen LogP contribution is 2.32. The Kier molecular flexibility index (Phi) is 6.80. The third kappa shape index (κ3) is 5.22. The summed E-state index contributed by atoms with van der Waals surface area (Å²) in [7, 11) is 0. The molecular formula is C20H20N4O5S. The van der Waals surface area contributed by atoms with Crippen molar-refractivity contribution in [3.8, 4) is 0 Å². The molecule has 0 saturated carbocycles. The maximum atomic E-state index is 12.8. The molecule has 2 aromatic rings. The molecule has 2 atom stereocenters. The van der Waals surface area contributed by atoms with Gasteiger partial charge in [0, 0.05) is 12.5 Å². The average molecular weight is 428 g/mol. The standard InChI is InChI=1S/C20H20N4O5S/c1-13(25)12-23-19(27)17(30-20(23)21-14-7-3-2-4-8-14)11-18(26)22-15-9-5-6-10-16(15)24(28)29/h2-10,13,17,25H,11-12H2,1H3,(H,22,26). The number of nitro groups is 1. The maximum absolute atomic E-state index is 12.8. The molecule has 156 valence electrons. The molecule has 1 aliphatic rings. The van der Waals surface area contributed by atoms with Gasteiger partial charge in [-0.05, 0) is 25.1 Å². The van der Waals surface area contributed by atoms with Crippen molar-refractivity contribution in [3.63, 3.8) is 0 Å². The highest BCUT2D eigenvalue weighted by Gasteiger charge is 2.39. The average Bonchev–Trinajstić information content (AvgIpc) is 2.97. The van der Waals surface area contributed by atoms with E-state index in [2.05, 4.69) is 10.3 Å². The summed E-state index contributed by atoms with van der Waals surface area (Å²) in [5, 5.41) is 23.0. The smallest absolute Gasteiger partial charge is 0.292 e. The molecule has 1 heterocycles. The number of amides is 2. The van der Waals surface area contributed by atoms with Crippen molar-refractivity contribution in [2.24, 2.45) is 4.99 Å². The number of carbonyl (C=O) groups excluding carboxylic acids is 2. The Morgan fingerprint density at radius 2 is 1.93 bits per heavy atom. The Balaban J connectivity index is 1.76. The summed E-state index contributed by atoms with van der Waals surface area (Å²) in [5.74, 6) is -0.860. The van der Waals surface area contributed by atoms with Crippen molar-refractivity contribution >= 4 is 45.8 Å². The number of nitrogens with one attached hydrogen (secondary N) is 1. The summed E-state index contributed by atoms with van der Waals surface area (Å²) < 4.78 is 0. The third-order valence-electron chi connectivity index (χ3n) is 4.19. The van der Waals surface area contributed by atoms with Crippen LogP contribution in [0.3, 0.4) is 0 Å². The van der Waals surface area contributed by atoms with E-state index in [0.29, 0.717) is 10.9 Å². The second-order valence-electron chi connectivity index (χ2n) is 6.66. The molecule has 0 radical (unpaired) electrons. The van der Waals surface area contributed by atoms with Gasteiger partial charge in [-0.1, -0.05) is 42.1 Å². The molecule has 0 aromatic heterocycles. The summed E-state index contributed by atoms with van der Waals surface area (Å²) >= 11 is 1.13. The summed E-state index contributed by atoms with van der Waals surface area (Å²) in [6, 6.07) is 14.9. The van der Waals surface area contributed by atoms with Crippen LogP contribution < -0.4 is 5.32 Å². The summed E-state index contributed by atoms with van der Waals surface area (Å²) in [6.45, 7) is 1.62. The minimum absolute atomic E-state index is 0.0553. The monoisotopic (exact) mass is 428 g/mol. The van der Waals surface area contributed by atoms with Gasteiger partial charge in [0.2, 0.25) is 11.8 Å². The van der Waals surface area contributed by atoms with Crippen LogP contribution in [0.4, 0.5) is 17.1 Å². The quantitative estimate of drug-likeness (QED) is 0.516. The van der Waals surface area contributed by atoms with Crippen molar-refractivity contribution in [1.29, 1.82) is 0 Å². The van der Waals surface area contributed by atoms with Crippen molar-refractivity contribution in [1.82, 2.24) is 4.90 Å². The molecule has 1 aliphatic heterocycles. The van der Waals surface area contributed by atoms with Crippen molar-refractivity contribution in [3.05, 3.63) is 64.7 Å². The molecule has 9 nitrogen and oxygen atoms in total. The van der Waals surface area contributed by atoms with E-state index in [0.717, 1.165) is 11.8 Å². The summed E-state index contributed by atoms with van der Waals surface area (Å²) in [5.41, 5.74) is 0.494. The highest BCUT2D eigenvalue weighted by atomic mass is 32.2. The number of hydrogen-bond donors (Lipinski definition) is 2. The minimum atomic E-state index is -0.768. The predicted molar refractivity (Wildman–Crippen MR) is 115 cm³/mol. The van der Waals surface area contributed by atoms with E-state index in [-0.39, 0.29) is 30.2 Å². The lowest BCUT2D eigenvalue weighted by Gasteiger charge is -2.18. The number of thioether (sulfide) groups is 1. The fourth-order valence-corrected chi connectivity index (χ4v) is 4.05. The molecule has 1 fully saturated rings. The molecule has 2 amide bonds. The highest BCUT2D eigenvalue weighted by molar-refractivity contribution is 8.15. The van der Waals surface area contributed by atoms with Gasteiger partial charge in [-0.3, -0.25) is 24.6 Å². The van der Waals surface area contributed by atoms with Crippen molar-refractivity contribution in [2.45, 2.75) is 24.7 Å². The van der Waals surface area contributed by atoms with E-state index in [1.165, 1.54) is 23.1 Å². The van der Waals surface area contributed by atoms with Crippen LogP contribution in [0.5, 0.6) is 0 Å². The number of carbonyl (C=O) groups is 2. The van der Waals surface area contributed by atoms with Gasteiger partial charge in [0.15, 0.2) is 5.17 Å². The molecule has 0 spiro atoms. The molecule has 10 heteroatoms. The second-order valence-corrected chi connectivity index (χ2v) is 7.83. The first-order chi connectivity index (χ1) is 14.3. The van der Waals surface area contributed by atoms with Crippen LogP contribution in [0.25, 0.3) is 0 Å². The van der Waals surface area contributed by atoms with Gasteiger partial charge in [-0.15, -0.1) is 0 Å². The number of nitro benzene ring substituents is 1. The van der Waals surface area contributed by atoms with Crippen LogP contribution in [0.2, 0.25) is 0 Å². The summed E-state index contributed by atoms with van der Waals surface area (Å²) in [6.07, 6.45) is -0.949. The van der Waals surface area contributed by atoms with Crippen LogP contribution in [0, 0.1) is 10.1 Å². The Morgan fingerprint density at radius 1 is 1.27 bits per heavy atom. The SMILES string of the molecule is CC(O)CN1C(=O)C(CC(=O)Nc2ccccc2[N+](=O)[O-])SC1=Nc1ccccc1. The number of benzene rings is 2. The zero-order chi connectivity index (χ0) is 21.7. The Labute approximate surface area is 177 Å². The topological polar surface area (TPSA) is 125 Å². The largest absolute Gasteiger partial charge is 0.392 e. The number of amidine groups is 1. The number of rotatable bonds is 7. The van der Waals surface area contributed by atoms with Gasteiger partial charge in [-0.25, -0.2) is 4.99 Å². The van der Waals surface area contributed by atoms with Crippen LogP contribution >= 0.6 is 11.8 Å². The number of anilines is 1. The van der Waals surface area contributed by atoms with E-state index < -0.39 is 22.2 Å². The molecule has 2 aromatic carbocycles. The molecule has 0 bridgehead atoms. The third-order valence-corrected chi connectivity index (χ3v) is 5.37. The van der Waals surface area contributed by atoms with E-state index in [1.54, 1.807) is 25.1 Å². The molecule has 0 aliphatic carbocycles. The van der Waals surface area contributed by atoms with Gasteiger partial charge >= 0.3 is 0 Å². The van der Waals surface area contributed by atoms with Gasteiger partial charge in [0.25, 0.3) is 5.69 Å². The number of nitrogens with zero attached hydrogens (tertiary/aromatic N) is 3. The Bertz CT molecular complexity index is 980. The first-order valence-corrected chi connectivity index (χ1v) is 10.1. The van der Waals surface area contributed by atoms with Gasteiger partial charge in [0.1, 0.15) is 10.9 Å². The molecule has 1 saturated heterocycles. The lowest BCUT2D eigenvalue weighted by Crippen LogP contribution is -2.38. The fraction of sp³-hybridized carbons (Fsp3) is 0.250. The van der Waals surface area contributed by atoms with Crippen molar-refractivity contribution in [2.75, 3.05) is 11.9 Å². The first-order valence-electron chi connectivity index (χ1n) is 9.18. The zero-order valence-electron chi connectivity index (χ0n) is 16.1. The van der Waals surface area contributed by atoms with Gasteiger partial charge in [-0.2, -0.15) is 0 Å². The molecular weight excluding hydrogens is 408 g/mol. The maximum Gasteiger partial charge on any atom is 0.292 e. The van der Waals surface area contributed by atoms with E-state index in [4.69, 9.17) is 0 Å². The van der Waals surface area contributed by atoms with Crippen LogP contribution in [0.15, 0.2) is 59.6 Å². The number of hydrogen-bond acceptors (Lipinski definition) is 7. The predicted octanol–water partition coefficient (Wildman–Crippen LogP) is 2.94. The van der Waals surface area contributed by atoms with E-state index in [9.17, 15) is 24.8 Å². The molecule has 2 N–H and O–H groups in total. The molecule has 2 unspecified atom stereocenters. The van der Waals surface area contributed by atoms with Gasteiger partial charge in [0.05, 0.1) is 23.3 Å². The number of aliphatic hydroxyl groups excluding tert-OH is 1. The van der Waals surface area contributed by atoms with Crippen molar-refractivity contribution < 1.29 is 19.6 Å². The molecule has 3 rings (SSSR count). The number of aliphatic hydroxyl groups is 1. The molecule has 30 heavy (non-hydrogen) atoms. The Hall–Kier alpha value is -3.24. The Morgan fingerprint density at radius 3 is 2.60 bits per heavy atom. The fourth-order valence-electron chi connectivity index (χ4n) is 2.88. The normalized spacial score (nSPS) is 18.5. The number of para-hydroxylation sites is 3. The van der Waals surface area contributed by atoms with Gasteiger partial charge < -0.3 is 10.4 Å². The van der Waals surface area contributed by atoms with Crippen LogP contribution in [0.1, 0.15) is 13.3 Å². The second kappa shape index (κ2) is 9.51. The summed E-state index contributed by atoms with van der Waals surface area (Å²) in [4.78, 5) is 41.7. The number of aliphatic imine (C=N–C) groups is 1. The van der Waals surface area contributed by atoms with Crippen LogP contribution in [-0.4, -0.2) is 49.8 Å². The zero-order valence-corrected chi connectivity index (χ0v) is 16.9. The van der Waals surface area contributed by atoms with E-state index >= 15 is 0 Å². The lowest BCUT2D eigenvalue weighted by atomic mass is 10.2. The van der Waals surface area contributed by atoms with Crippen LogP contribution in [-0.2, 0) is 9.59 Å².